The van der Waals surface area contributed by atoms with Crippen LogP contribution in [0.25, 0.3) is 6.08 Å². The maximum Gasteiger partial charge on any atom is 0.328 e. The summed E-state index contributed by atoms with van der Waals surface area (Å²) in [4.78, 5) is 10.4. The summed E-state index contributed by atoms with van der Waals surface area (Å²) >= 11 is 0. The Balaban J connectivity index is 2.96. The molecule has 0 saturated heterocycles. The minimum atomic E-state index is -3.54. The van der Waals surface area contributed by atoms with Crippen molar-refractivity contribution in [2.45, 2.75) is 6.92 Å². The first-order chi connectivity index (χ1) is 8.34. The van der Waals surface area contributed by atoms with Crippen LogP contribution in [0.5, 0.6) is 0 Å². The molecule has 0 radical (unpaired) electrons. The van der Waals surface area contributed by atoms with Crippen molar-refractivity contribution in [2.24, 2.45) is 0 Å². The Hall–Kier alpha value is -1.86. The molecule has 18 heavy (non-hydrogen) atoms. The number of aryl methyl sites for hydroxylation is 1. The smallest absolute Gasteiger partial charge is 0.328 e. The van der Waals surface area contributed by atoms with Gasteiger partial charge in [0.25, 0.3) is 10.2 Å². The largest absolute Gasteiger partial charge is 0.478 e. The highest BCUT2D eigenvalue weighted by Crippen LogP contribution is 2.17. The van der Waals surface area contributed by atoms with Crippen LogP contribution >= 0.6 is 0 Å². The zero-order valence-electron chi connectivity index (χ0n) is 9.97. The van der Waals surface area contributed by atoms with E-state index in [0.717, 1.165) is 11.6 Å². The maximum atomic E-state index is 11.3. The highest BCUT2D eigenvalue weighted by molar-refractivity contribution is 7.90. The zero-order chi connectivity index (χ0) is 13.8. The molecule has 0 heterocycles. The lowest BCUT2D eigenvalue weighted by atomic mass is 10.1. The highest BCUT2D eigenvalue weighted by Gasteiger charge is 2.06. The lowest BCUT2D eigenvalue weighted by molar-refractivity contribution is -0.131. The summed E-state index contributed by atoms with van der Waals surface area (Å²) in [5, 5.41) is 8.52. The van der Waals surface area contributed by atoms with Gasteiger partial charge in [-0.25, -0.2) is 9.52 Å². The van der Waals surface area contributed by atoms with Crippen LogP contribution < -0.4 is 9.44 Å². The number of aliphatic carboxylic acids is 1. The monoisotopic (exact) mass is 270 g/mol. The third kappa shape index (κ3) is 4.19. The topological polar surface area (TPSA) is 95.5 Å². The minimum absolute atomic E-state index is 0.411. The Kier molecular flexibility index (Phi) is 4.46. The molecule has 0 saturated carbocycles. The number of benzene rings is 1. The van der Waals surface area contributed by atoms with Gasteiger partial charge in [0, 0.05) is 13.1 Å². The van der Waals surface area contributed by atoms with Crippen LogP contribution in [0.3, 0.4) is 0 Å². The van der Waals surface area contributed by atoms with Crippen LogP contribution in [0.15, 0.2) is 24.3 Å². The van der Waals surface area contributed by atoms with Crippen molar-refractivity contribution < 1.29 is 18.3 Å². The Morgan fingerprint density at radius 2 is 2.06 bits per heavy atom. The average molecular weight is 270 g/mol. The molecule has 6 nitrogen and oxygen atoms in total. The Bertz CT molecular complexity index is 579. The van der Waals surface area contributed by atoms with Gasteiger partial charge in [-0.3, -0.25) is 4.72 Å². The van der Waals surface area contributed by atoms with Crippen LogP contribution in [0, 0.1) is 6.92 Å². The van der Waals surface area contributed by atoms with Crippen molar-refractivity contribution in [2.75, 3.05) is 11.8 Å². The van der Waals surface area contributed by atoms with E-state index in [9.17, 15) is 13.2 Å². The van der Waals surface area contributed by atoms with Gasteiger partial charge in [0.1, 0.15) is 0 Å². The zero-order valence-corrected chi connectivity index (χ0v) is 10.8. The summed E-state index contributed by atoms with van der Waals surface area (Å²) < 4.78 is 27.0. The molecule has 3 N–H and O–H groups in total. The number of rotatable bonds is 5. The number of anilines is 1. The Labute approximate surface area is 106 Å². The van der Waals surface area contributed by atoms with Crippen molar-refractivity contribution in [1.82, 2.24) is 4.72 Å². The van der Waals surface area contributed by atoms with Gasteiger partial charge in [0.15, 0.2) is 0 Å². The second kappa shape index (κ2) is 5.65. The number of hydrogen-bond acceptors (Lipinski definition) is 3. The van der Waals surface area contributed by atoms with E-state index in [1.54, 1.807) is 25.1 Å². The molecule has 0 atom stereocenters. The van der Waals surface area contributed by atoms with Crippen molar-refractivity contribution in [3.63, 3.8) is 0 Å². The molecule has 7 heteroatoms. The second-order valence-corrected chi connectivity index (χ2v) is 5.17. The highest BCUT2D eigenvalue weighted by atomic mass is 32.2. The number of nitrogens with one attached hydrogen (secondary N) is 2. The van der Waals surface area contributed by atoms with Gasteiger partial charge in [-0.15, -0.1) is 0 Å². The molecule has 0 aliphatic heterocycles. The fourth-order valence-corrected chi connectivity index (χ4v) is 1.83. The van der Waals surface area contributed by atoms with Crippen molar-refractivity contribution >= 4 is 27.9 Å². The molecule has 0 aromatic heterocycles. The molecule has 1 rings (SSSR count). The molecule has 0 bridgehead atoms. The summed E-state index contributed by atoms with van der Waals surface area (Å²) in [7, 11) is -2.24. The van der Waals surface area contributed by atoms with Crippen LogP contribution in [0.2, 0.25) is 0 Å². The van der Waals surface area contributed by atoms with Gasteiger partial charge in [-0.2, -0.15) is 8.42 Å². The van der Waals surface area contributed by atoms with E-state index in [4.69, 9.17) is 5.11 Å². The third-order valence-corrected chi connectivity index (χ3v) is 3.24. The molecule has 0 fully saturated rings. The molecule has 0 amide bonds. The average Bonchev–Trinajstić information content (AvgIpc) is 2.27. The predicted molar refractivity (Wildman–Crippen MR) is 69.5 cm³/mol. The SMILES string of the molecule is CNS(=O)(=O)Nc1ccc(/C=C/C(=O)O)c(C)c1. The summed E-state index contributed by atoms with van der Waals surface area (Å²) in [5.41, 5.74) is 1.89. The minimum Gasteiger partial charge on any atom is -0.478 e. The number of carboxylic acids is 1. The molecule has 0 aliphatic rings. The first-order valence-corrected chi connectivity index (χ1v) is 6.55. The molecule has 0 unspecified atom stereocenters. The van der Waals surface area contributed by atoms with Gasteiger partial charge >= 0.3 is 5.97 Å². The fraction of sp³-hybridized carbons (Fsp3) is 0.182. The number of hydrogen-bond donors (Lipinski definition) is 3. The lowest BCUT2D eigenvalue weighted by Crippen LogP contribution is -2.26. The quantitative estimate of drug-likeness (QED) is 0.695. The summed E-state index contributed by atoms with van der Waals surface area (Å²) in [6.45, 7) is 1.76. The predicted octanol–water partition coefficient (Wildman–Crippen LogP) is 0.969. The van der Waals surface area contributed by atoms with Crippen molar-refractivity contribution in [3.05, 3.63) is 35.4 Å². The normalized spacial score (nSPS) is 11.7. The van der Waals surface area contributed by atoms with E-state index in [-0.39, 0.29) is 0 Å². The second-order valence-electron chi connectivity index (χ2n) is 3.55. The van der Waals surface area contributed by atoms with Crippen LogP contribution in [0.1, 0.15) is 11.1 Å². The van der Waals surface area contributed by atoms with Gasteiger partial charge in [0.2, 0.25) is 0 Å². The van der Waals surface area contributed by atoms with E-state index >= 15 is 0 Å². The van der Waals surface area contributed by atoms with Gasteiger partial charge in [0.05, 0.1) is 5.69 Å². The summed E-state index contributed by atoms with van der Waals surface area (Å²) in [6.07, 6.45) is 2.48. The van der Waals surface area contributed by atoms with Gasteiger partial charge in [-0.1, -0.05) is 6.07 Å². The van der Waals surface area contributed by atoms with E-state index in [1.807, 2.05) is 0 Å². The molecular weight excluding hydrogens is 256 g/mol. The van der Waals surface area contributed by atoms with Gasteiger partial charge in [-0.05, 0) is 36.3 Å². The molecule has 98 valence electrons. The first kappa shape index (κ1) is 14.2. The number of carboxylic acid groups (broad SMARTS) is 1. The lowest BCUT2D eigenvalue weighted by Gasteiger charge is -2.08. The summed E-state index contributed by atoms with van der Waals surface area (Å²) in [5.74, 6) is -1.03. The standard InChI is InChI=1S/C11H14N2O4S/c1-8-7-10(13-18(16,17)12-2)5-3-9(8)4-6-11(14)15/h3-7,12-13H,1-2H3,(H,14,15)/b6-4+. The molecule has 1 aromatic carbocycles. The molecule has 1 aromatic rings. The molecule has 0 spiro atoms. The molecular formula is C11H14N2O4S. The van der Waals surface area contributed by atoms with Crippen LogP contribution in [-0.4, -0.2) is 26.5 Å². The Morgan fingerprint density at radius 3 is 2.56 bits per heavy atom. The third-order valence-electron chi connectivity index (χ3n) is 2.20. The summed E-state index contributed by atoms with van der Waals surface area (Å²) in [6, 6.07) is 4.82. The Morgan fingerprint density at radius 1 is 1.39 bits per heavy atom. The van der Waals surface area contributed by atoms with E-state index in [2.05, 4.69) is 9.44 Å². The fourth-order valence-electron chi connectivity index (χ4n) is 1.29. The van der Waals surface area contributed by atoms with Crippen molar-refractivity contribution in [3.8, 4) is 0 Å². The van der Waals surface area contributed by atoms with E-state index in [0.29, 0.717) is 11.3 Å². The first-order valence-electron chi connectivity index (χ1n) is 5.07. The van der Waals surface area contributed by atoms with E-state index in [1.165, 1.54) is 13.1 Å². The van der Waals surface area contributed by atoms with Crippen molar-refractivity contribution in [1.29, 1.82) is 0 Å². The maximum absolute atomic E-state index is 11.3. The molecule has 0 aliphatic carbocycles. The number of carbonyl (C=O) groups is 1. The van der Waals surface area contributed by atoms with Gasteiger partial charge < -0.3 is 5.11 Å². The van der Waals surface area contributed by atoms with E-state index < -0.39 is 16.2 Å². The van der Waals surface area contributed by atoms with Crippen LogP contribution in [0.4, 0.5) is 5.69 Å². The van der Waals surface area contributed by atoms with Crippen LogP contribution in [-0.2, 0) is 15.0 Å².